The van der Waals surface area contributed by atoms with Gasteiger partial charge in [-0.1, -0.05) is 18.2 Å². The van der Waals surface area contributed by atoms with E-state index in [1.54, 1.807) is 11.8 Å². The highest BCUT2D eigenvalue weighted by atomic mass is 16.3. The van der Waals surface area contributed by atoms with Crippen molar-refractivity contribution in [3.05, 3.63) is 35.4 Å². The first-order chi connectivity index (χ1) is 7.61. The van der Waals surface area contributed by atoms with Crippen molar-refractivity contribution >= 4 is 5.91 Å². The smallest absolute Gasteiger partial charge is 0.254 e. The van der Waals surface area contributed by atoms with Crippen LogP contribution in [0.15, 0.2) is 24.3 Å². The van der Waals surface area contributed by atoms with Crippen LogP contribution in [0.25, 0.3) is 0 Å². The number of aliphatic hydroxyl groups is 1. The molecule has 86 valence electrons. The van der Waals surface area contributed by atoms with Gasteiger partial charge in [-0.25, -0.2) is 0 Å². The molecule has 1 aliphatic heterocycles. The molecule has 16 heavy (non-hydrogen) atoms. The number of hydrogen-bond donors (Lipinski definition) is 1. The summed E-state index contributed by atoms with van der Waals surface area (Å²) in [5.41, 5.74) is 1.89. The van der Waals surface area contributed by atoms with Crippen LogP contribution in [0.2, 0.25) is 0 Å². The van der Waals surface area contributed by atoms with E-state index < -0.39 is 6.10 Å². The fourth-order valence-corrected chi connectivity index (χ4v) is 2.09. The van der Waals surface area contributed by atoms with Gasteiger partial charge in [-0.2, -0.15) is 0 Å². The minimum absolute atomic E-state index is 0.0373. The SMILES string of the molecule is CC(O)C(C)N1CCc2ccccc2C1=O. The number of fused-ring (bicyclic) bond motifs is 1. The maximum absolute atomic E-state index is 12.2. The second-order valence-electron chi connectivity index (χ2n) is 4.39. The summed E-state index contributed by atoms with van der Waals surface area (Å²) in [7, 11) is 0. The third kappa shape index (κ3) is 1.83. The minimum Gasteiger partial charge on any atom is -0.391 e. The van der Waals surface area contributed by atoms with Crippen LogP contribution in [-0.2, 0) is 6.42 Å². The van der Waals surface area contributed by atoms with Crippen LogP contribution in [0.1, 0.15) is 29.8 Å². The molecule has 2 unspecified atom stereocenters. The average Bonchev–Trinajstić information content (AvgIpc) is 2.29. The molecular weight excluding hydrogens is 202 g/mol. The number of carbonyl (C=O) groups excluding carboxylic acids is 1. The van der Waals surface area contributed by atoms with Gasteiger partial charge in [0.05, 0.1) is 12.1 Å². The number of benzene rings is 1. The summed E-state index contributed by atoms with van der Waals surface area (Å²) in [5, 5.41) is 9.55. The number of hydrogen-bond acceptors (Lipinski definition) is 2. The van der Waals surface area contributed by atoms with E-state index in [1.165, 1.54) is 0 Å². The van der Waals surface area contributed by atoms with Crippen molar-refractivity contribution in [1.82, 2.24) is 4.90 Å². The maximum atomic E-state index is 12.2. The lowest BCUT2D eigenvalue weighted by atomic mass is 9.97. The van der Waals surface area contributed by atoms with Crippen LogP contribution in [0.5, 0.6) is 0 Å². The zero-order valence-electron chi connectivity index (χ0n) is 9.68. The Balaban J connectivity index is 2.28. The Bertz CT molecular complexity index is 401. The van der Waals surface area contributed by atoms with E-state index in [0.717, 1.165) is 17.5 Å². The second-order valence-corrected chi connectivity index (χ2v) is 4.39. The molecule has 0 spiro atoms. The van der Waals surface area contributed by atoms with E-state index in [2.05, 4.69) is 0 Å². The number of nitrogens with zero attached hydrogens (tertiary/aromatic N) is 1. The third-order valence-corrected chi connectivity index (χ3v) is 3.32. The molecule has 3 nitrogen and oxygen atoms in total. The van der Waals surface area contributed by atoms with E-state index in [9.17, 15) is 9.90 Å². The predicted molar refractivity (Wildman–Crippen MR) is 62.3 cm³/mol. The van der Waals surface area contributed by atoms with E-state index >= 15 is 0 Å². The zero-order valence-corrected chi connectivity index (χ0v) is 9.68. The summed E-state index contributed by atoms with van der Waals surface area (Å²) in [6.07, 6.45) is 0.383. The predicted octanol–water partition coefficient (Wildman–Crippen LogP) is 1.45. The molecule has 3 heteroatoms. The second kappa shape index (κ2) is 4.26. The summed E-state index contributed by atoms with van der Waals surface area (Å²) in [6, 6.07) is 7.57. The molecule has 0 aromatic heterocycles. The van der Waals surface area contributed by atoms with Gasteiger partial charge in [0.1, 0.15) is 0 Å². The van der Waals surface area contributed by atoms with Crippen molar-refractivity contribution in [1.29, 1.82) is 0 Å². The Labute approximate surface area is 95.7 Å². The monoisotopic (exact) mass is 219 g/mol. The van der Waals surface area contributed by atoms with Gasteiger partial charge in [0, 0.05) is 12.1 Å². The summed E-state index contributed by atoms with van der Waals surface area (Å²) >= 11 is 0. The molecule has 1 amide bonds. The summed E-state index contributed by atoms with van der Waals surface area (Å²) in [6.45, 7) is 4.30. The van der Waals surface area contributed by atoms with Gasteiger partial charge in [-0.05, 0) is 31.9 Å². The van der Waals surface area contributed by atoms with Gasteiger partial charge in [0.15, 0.2) is 0 Å². The Morgan fingerprint density at radius 3 is 2.69 bits per heavy atom. The molecule has 0 fully saturated rings. The van der Waals surface area contributed by atoms with Gasteiger partial charge in [-0.3, -0.25) is 4.79 Å². The molecule has 1 aliphatic rings. The number of rotatable bonds is 2. The zero-order chi connectivity index (χ0) is 11.7. The molecule has 1 aromatic carbocycles. The standard InChI is InChI=1S/C13H17NO2/c1-9(10(2)15)14-8-7-11-5-3-4-6-12(11)13(14)16/h3-6,9-10,15H,7-8H2,1-2H3. The van der Waals surface area contributed by atoms with Crippen molar-refractivity contribution in [2.75, 3.05) is 6.54 Å². The normalized spacial score (nSPS) is 19.2. The first kappa shape index (κ1) is 11.1. The van der Waals surface area contributed by atoms with Crippen molar-refractivity contribution in [3.8, 4) is 0 Å². The van der Waals surface area contributed by atoms with Crippen LogP contribution < -0.4 is 0 Å². The first-order valence-electron chi connectivity index (χ1n) is 5.68. The van der Waals surface area contributed by atoms with Crippen LogP contribution in [0.3, 0.4) is 0 Å². The minimum atomic E-state index is -0.491. The van der Waals surface area contributed by atoms with Gasteiger partial charge >= 0.3 is 0 Å². The van der Waals surface area contributed by atoms with Gasteiger partial charge in [-0.15, -0.1) is 0 Å². The summed E-state index contributed by atoms with van der Waals surface area (Å²) in [4.78, 5) is 13.9. The third-order valence-electron chi connectivity index (χ3n) is 3.32. The molecule has 2 rings (SSSR count). The van der Waals surface area contributed by atoms with E-state index in [-0.39, 0.29) is 11.9 Å². The molecule has 0 radical (unpaired) electrons. The van der Waals surface area contributed by atoms with Crippen LogP contribution >= 0.6 is 0 Å². The van der Waals surface area contributed by atoms with E-state index in [4.69, 9.17) is 0 Å². The van der Waals surface area contributed by atoms with Crippen LogP contribution in [0, 0.1) is 0 Å². The molecule has 2 atom stereocenters. The Morgan fingerprint density at radius 1 is 1.31 bits per heavy atom. The molecule has 0 bridgehead atoms. The van der Waals surface area contributed by atoms with E-state index in [1.807, 2.05) is 31.2 Å². The lowest BCUT2D eigenvalue weighted by Crippen LogP contribution is -2.47. The highest BCUT2D eigenvalue weighted by Crippen LogP contribution is 2.21. The maximum Gasteiger partial charge on any atom is 0.254 e. The Kier molecular flexibility index (Phi) is 2.97. The van der Waals surface area contributed by atoms with Crippen molar-refractivity contribution in [2.45, 2.75) is 32.4 Å². The highest BCUT2D eigenvalue weighted by Gasteiger charge is 2.29. The van der Waals surface area contributed by atoms with Crippen LogP contribution in [-0.4, -0.2) is 34.6 Å². The van der Waals surface area contributed by atoms with Gasteiger partial charge in [0.2, 0.25) is 0 Å². The quantitative estimate of drug-likeness (QED) is 0.818. The Morgan fingerprint density at radius 2 is 2.00 bits per heavy atom. The topological polar surface area (TPSA) is 40.5 Å². The lowest BCUT2D eigenvalue weighted by Gasteiger charge is -2.35. The highest BCUT2D eigenvalue weighted by molar-refractivity contribution is 5.96. The molecule has 1 aromatic rings. The summed E-state index contributed by atoms with van der Waals surface area (Å²) < 4.78 is 0. The molecule has 0 saturated carbocycles. The van der Waals surface area contributed by atoms with Crippen LogP contribution in [0.4, 0.5) is 0 Å². The number of amides is 1. The van der Waals surface area contributed by atoms with Crippen molar-refractivity contribution < 1.29 is 9.90 Å². The fraction of sp³-hybridized carbons (Fsp3) is 0.462. The largest absolute Gasteiger partial charge is 0.391 e. The molecule has 0 saturated heterocycles. The number of aliphatic hydroxyl groups excluding tert-OH is 1. The molecule has 1 N–H and O–H groups in total. The van der Waals surface area contributed by atoms with Gasteiger partial charge < -0.3 is 10.0 Å². The number of carbonyl (C=O) groups is 1. The van der Waals surface area contributed by atoms with Crippen molar-refractivity contribution in [3.63, 3.8) is 0 Å². The molecule has 1 heterocycles. The van der Waals surface area contributed by atoms with Crippen molar-refractivity contribution in [2.24, 2.45) is 0 Å². The first-order valence-corrected chi connectivity index (χ1v) is 5.68. The molecular formula is C13H17NO2. The fourth-order valence-electron chi connectivity index (χ4n) is 2.09. The van der Waals surface area contributed by atoms with Gasteiger partial charge in [0.25, 0.3) is 5.91 Å². The lowest BCUT2D eigenvalue weighted by molar-refractivity contribution is 0.0438. The molecule has 0 aliphatic carbocycles. The average molecular weight is 219 g/mol. The summed E-state index contributed by atoms with van der Waals surface area (Å²) in [5.74, 6) is 0.0373. The van der Waals surface area contributed by atoms with E-state index in [0.29, 0.717) is 6.54 Å². The Hall–Kier alpha value is -1.35.